The van der Waals surface area contributed by atoms with Gasteiger partial charge in [-0.15, -0.1) is 0 Å². The normalized spacial score (nSPS) is 10.4. The number of hydrogen-bond donors (Lipinski definition) is 0. The summed E-state index contributed by atoms with van der Waals surface area (Å²) in [5.41, 5.74) is 2.78. The maximum Gasteiger partial charge on any atom is 0.344 e. The molecule has 0 fully saturated rings. The first-order valence-corrected chi connectivity index (χ1v) is 8.38. The Morgan fingerprint density at radius 3 is 2.30 bits per heavy atom. The summed E-state index contributed by atoms with van der Waals surface area (Å²) in [6, 6.07) is 6.43. The molecule has 0 N–H and O–H groups in total. The second-order valence-corrected chi connectivity index (χ2v) is 6.14. The SMILES string of the molecule is COc1cc(C(C)=O)ccc1OCC(=O)OCC(=O)c1cc(C)n(C)c1C. The molecule has 0 spiro atoms. The van der Waals surface area contributed by atoms with Crippen molar-refractivity contribution < 1.29 is 28.6 Å². The van der Waals surface area contributed by atoms with Gasteiger partial charge < -0.3 is 18.8 Å². The van der Waals surface area contributed by atoms with Crippen molar-refractivity contribution >= 4 is 17.5 Å². The van der Waals surface area contributed by atoms with Crippen molar-refractivity contribution in [2.75, 3.05) is 20.3 Å². The highest BCUT2D eigenvalue weighted by Crippen LogP contribution is 2.28. The molecular weight excluding hydrogens is 350 g/mol. The fraction of sp³-hybridized carbons (Fsp3) is 0.350. The Kier molecular flexibility index (Phi) is 6.39. The maximum atomic E-state index is 12.2. The number of aromatic nitrogens is 1. The van der Waals surface area contributed by atoms with Gasteiger partial charge in [0.15, 0.2) is 30.5 Å². The lowest BCUT2D eigenvalue weighted by Gasteiger charge is -2.11. The van der Waals surface area contributed by atoms with Crippen LogP contribution in [0.15, 0.2) is 24.3 Å². The lowest BCUT2D eigenvalue weighted by atomic mass is 10.1. The molecule has 0 aliphatic heterocycles. The predicted molar refractivity (Wildman–Crippen MR) is 98.7 cm³/mol. The van der Waals surface area contributed by atoms with Gasteiger partial charge in [0.05, 0.1) is 7.11 Å². The van der Waals surface area contributed by atoms with Crippen LogP contribution >= 0.6 is 0 Å². The van der Waals surface area contributed by atoms with Crippen molar-refractivity contribution in [3.05, 3.63) is 46.8 Å². The van der Waals surface area contributed by atoms with E-state index in [0.29, 0.717) is 22.6 Å². The molecule has 1 aromatic heterocycles. The van der Waals surface area contributed by atoms with E-state index in [0.717, 1.165) is 11.4 Å². The highest BCUT2D eigenvalue weighted by molar-refractivity contribution is 5.99. The maximum absolute atomic E-state index is 12.2. The van der Waals surface area contributed by atoms with Crippen LogP contribution in [0.2, 0.25) is 0 Å². The summed E-state index contributed by atoms with van der Waals surface area (Å²) in [7, 11) is 3.30. The summed E-state index contributed by atoms with van der Waals surface area (Å²) in [6.07, 6.45) is 0. The van der Waals surface area contributed by atoms with E-state index in [1.165, 1.54) is 20.1 Å². The molecule has 2 rings (SSSR count). The molecule has 0 unspecified atom stereocenters. The Labute approximate surface area is 157 Å². The van der Waals surface area contributed by atoms with E-state index in [4.69, 9.17) is 14.2 Å². The van der Waals surface area contributed by atoms with Crippen molar-refractivity contribution in [1.29, 1.82) is 0 Å². The van der Waals surface area contributed by atoms with Gasteiger partial charge >= 0.3 is 5.97 Å². The lowest BCUT2D eigenvalue weighted by Crippen LogP contribution is -2.20. The largest absolute Gasteiger partial charge is 0.493 e. The molecule has 2 aromatic rings. The number of Topliss-reactive ketones (excluding diaryl/α,β-unsaturated/α-hetero) is 2. The van der Waals surface area contributed by atoms with Crippen molar-refractivity contribution in [2.24, 2.45) is 7.05 Å². The first-order valence-electron chi connectivity index (χ1n) is 8.38. The third-order valence-electron chi connectivity index (χ3n) is 4.36. The van der Waals surface area contributed by atoms with Crippen LogP contribution in [0.1, 0.15) is 39.0 Å². The number of carbonyl (C=O) groups excluding carboxylic acids is 3. The standard InChI is InChI=1S/C20H23NO6/c1-12-8-16(13(2)21(12)4)17(23)10-27-20(24)11-26-18-7-6-15(14(3)22)9-19(18)25-5/h6-9H,10-11H2,1-5H3. The third kappa shape index (κ3) is 4.75. The third-order valence-corrected chi connectivity index (χ3v) is 4.36. The molecule has 0 aliphatic carbocycles. The van der Waals surface area contributed by atoms with Crippen LogP contribution in [0.5, 0.6) is 11.5 Å². The Morgan fingerprint density at radius 1 is 1.04 bits per heavy atom. The number of aryl methyl sites for hydroxylation is 1. The molecule has 0 saturated heterocycles. The zero-order valence-corrected chi connectivity index (χ0v) is 16.1. The average molecular weight is 373 g/mol. The molecule has 7 heteroatoms. The molecule has 0 saturated carbocycles. The number of nitrogens with zero attached hydrogens (tertiary/aromatic N) is 1. The number of hydrogen-bond acceptors (Lipinski definition) is 6. The van der Waals surface area contributed by atoms with Crippen LogP contribution in [0.25, 0.3) is 0 Å². The van der Waals surface area contributed by atoms with Crippen LogP contribution in [0, 0.1) is 13.8 Å². The highest BCUT2D eigenvalue weighted by Gasteiger charge is 2.17. The summed E-state index contributed by atoms with van der Waals surface area (Å²) >= 11 is 0. The Morgan fingerprint density at radius 2 is 1.74 bits per heavy atom. The zero-order valence-electron chi connectivity index (χ0n) is 16.1. The molecule has 144 valence electrons. The Hall–Kier alpha value is -3.09. The minimum atomic E-state index is -0.675. The predicted octanol–water partition coefficient (Wildman–Crippen LogP) is 2.66. The lowest BCUT2D eigenvalue weighted by molar-refractivity contribution is -0.144. The highest BCUT2D eigenvalue weighted by atomic mass is 16.6. The Bertz CT molecular complexity index is 881. The topological polar surface area (TPSA) is 83.8 Å². The van der Waals surface area contributed by atoms with Crippen LogP contribution < -0.4 is 9.47 Å². The molecule has 0 aliphatic rings. The summed E-state index contributed by atoms with van der Waals surface area (Å²) in [5, 5.41) is 0. The molecule has 27 heavy (non-hydrogen) atoms. The first kappa shape index (κ1) is 20.2. The zero-order chi connectivity index (χ0) is 20.1. The van der Waals surface area contributed by atoms with E-state index in [1.807, 2.05) is 25.5 Å². The summed E-state index contributed by atoms with van der Waals surface area (Å²) in [4.78, 5) is 35.5. The number of methoxy groups -OCH3 is 1. The van der Waals surface area contributed by atoms with Gasteiger partial charge in [0.2, 0.25) is 5.78 Å². The van der Waals surface area contributed by atoms with E-state index in [1.54, 1.807) is 18.2 Å². The molecule has 0 atom stereocenters. The molecule has 0 radical (unpaired) electrons. The second kappa shape index (κ2) is 8.53. The fourth-order valence-electron chi connectivity index (χ4n) is 2.55. The molecule has 0 bridgehead atoms. The monoisotopic (exact) mass is 373 g/mol. The van der Waals surface area contributed by atoms with Gasteiger partial charge in [0.1, 0.15) is 0 Å². The van der Waals surface area contributed by atoms with E-state index >= 15 is 0 Å². The van der Waals surface area contributed by atoms with Gasteiger partial charge in [-0.25, -0.2) is 4.79 Å². The van der Waals surface area contributed by atoms with Gasteiger partial charge in [0, 0.05) is 29.6 Å². The number of rotatable bonds is 8. The van der Waals surface area contributed by atoms with Crippen molar-refractivity contribution in [2.45, 2.75) is 20.8 Å². The van der Waals surface area contributed by atoms with Gasteiger partial charge in [-0.05, 0) is 45.0 Å². The van der Waals surface area contributed by atoms with Gasteiger partial charge in [-0.1, -0.05) is 0 Å². The number of ketones is 2. The number of carbonyl (C=O) groups is 3. The number of ether oxygens (including phenoxy) is 3. The van der Waals surface area contributed by atoms with E-state index in [9.17, 15) is 14.4 Å². The summed E-state index contributed by atoms with van der Waals surface area (Å²) in [5.74, 6) is -0.411. The smallest absolute Gasteiger partial charge is 0.344 e. The van der Waals surface area contributed by atoms with Crippen LogP contribution in [0.3, 0.4) is 0 Å². The molecule has 1 heterocycles. The number of esters is 1. The van der Waals surface area contributed by atoms with Crippen LogP contribution in [0.4, 0.5) is 0 Å². The van der Waals surface area contributed by atoms with Crippen LogP contribution in [-0.2, 0) is 16.6 Å². The minimum Gasteiger partial charge on any atom is -0.493 e. The van der Waals surface area contributed by atoms with Crippen molar-refractivity contribution in [1.82, 2.24) is 4.57 Å². The van der Waals surface area contributed by atoms with E-state index < -0.39 is 5.97 Å². The van der Waals surface area contributed by atoms with E-state index in [2.05, 4.69) is 0 Å². The van der Waals surface area contributed by atoms with Gasteiger partial charge in [-0.2, -0.15) is 0 Å². The van der Waals surface area contributed by atoms with Crippen LogP contribution in [-0.4, -0.2) is 42.4 Å². The fourth-order valence-corrected chi connectivity index (χ4v) is 2.55. The molecule has 1 aromatic carbocycles. The average Bonchev–Trinajstić information content (AvgIpc) is 2.91. The second-order valence-electron chi connectivity index (χ2n) is 6.14. The van der Waals surface area contributed by atoms with E-state index in [-0.39, 0.29) is 24.8 Å². The van der Waals surface area contributed by atoms with Gasteiger partial charge in [-0.3, -0.25) is 9.59 Å². The molecule has 7 nitrogen and oxygen atoms in total. The molecular formula is C20H23NO6. The Balaban J connectivity index is 1.92. The van der Waals surface area contributed by atoms with Crippen molar-refractivity contribution in [3.8, 4) is 11.5 Å². The summed E-state index contributed by atoms with van der Waals surface area (Å²) in [6.45, 7) is 4.44. The quantitative estimate of drug-likeness (QED) is 0.522. The minimum absolute atomic E-state index is 0.107. The summed E-state index contributed by atoms with van der Waals surface area (Å²) < 4.78 is 17.4. The van der Waals surface area contributed by atoms with Crippen molar-refractivity contribution in [3.63, 3.8) is 0 Å². The number of benzene rings is 1. The van der Waals surface area contributed by atoms with Gasteiger partial charge in [0.25, 0.3) is 0 Å². The molecule has 0 amide bonds. The first-order chi connectivity index (χ1) is 12.7.